The summed E-state index contributed by atoms with van der Waals surface area (Å²) in [5.41, 5.74) is 0.595. The van der Waals surface area contributed by atoms with E-state index < -0.39 is 17.8 Å². The van der Waals surface area contributed by atoms with Gasteiger partial charge in [0.1, 0.15) is 16.9 Å². The van der Waals surface area contributed by atoms with Crippen molar-refractivity contribution in [1.82, 2.24) is 0 Å². The minimum Gasteiger partial charge on any atom is -0.507 e. The van der Waals surface area contributed by atoms with E-state index in [1.54, 1.807) is 19.1 Å². The molecule has 0 saturated carbocycles. The number of hydrogen-bond donors (Lipinski definition) is 3. The van der Waals surface area contributed by atoms with Crippen LogP contribution in [0.25, 0.3) is 0 Å². The van der Waals surface area contributed by atoms with Crippen LogP contribution in [0.5, 0.6) is 5.75 Å². The zero-order valence-corrected chi connectivity index (χ0v) is 13.7. The SMILES string of the molecule is Cc1ccc(C(C)(C)C)c(O)c1C(=O)O.O=C(O)C1=CN=NC1=O. The van der Waals surface area contributed by atoms with Gasteiger partial charge in [0, 0.05) is 5.56 Å². The highest BCUT2D eigenvalue weighted by atomic mass is 16.4. The van der Waals surface area contributed by atoms with E-state index in [9.17, 15) is 19.5 Å². The summed E-state index contributed by atoms with van der Waals surface area (Å²) < 4.78 is 0. The van der Waals surface area contributed by atoms with Crippen LogP contribution < -0.4 is 0 Å². The van der Waals surface area contributed by atoms with E-state index >= 15 is 0 Å². The van der Waals surface area contributed by atoms with Gasteiger partial charge in [-0.3, -0.25) is 4.79 Å². The number of amides is 1. The van der Waals surface area contributed by atoms with Crippen molar-refractivity contribution in [2.45, 2.75) is 33.1 Å². The molecule has 0 fully saturated rings. The molecule has 0 spiro atoms. The number of carbonyl (C=O) groups is 3. The maximum Gasteiger partial charge on any atom is 0.343 e. The molecule has 2 rings (SSSR count). The number of benzene rings is 1. The fraction of sp³-hybridized carbons (Fsp3) is 0.312. The average Bonchev–Trinajstić information content (AvgIpc) is 2.84. The van der Waals surface area contributed by atoms with Crippen molar-refractivity contribution in [2.24, 2.45) is 10.2 Å². The Hall–Kier alpha value is -3.03. The number of phenols is 1. The maximum absolute atomic E-state index is 11.0. The van der Waals surface area contributed by atoms with Crippen LogP contribution in [0.15, 0.2) is 34.1 Å². The average molecular weight is 334 g/mol. The topological polar surface area (TPSA) is 137 Å². The van der Waals surface area contributed by atoms with E-state index in [-0.39, 0.29) is 22.3 Å². The van der Waals surface area contributed by atoms with Gasteiger partial charge in [0.05, 0.1) is 6.20 Å². The molecule has 24 heavy (non-hydrogen) atoms. The lowest BCUT2D eigenvalue weighted by Gasteiger charge is -2.21. The van der Waals surface area contributed by atoms with Gasteiger partial charge in [-0.15, -0.1) is 5.11 Å². The first-order valence-electron chi connectivity index (χ1n) is 6.91. The number of aromatic hydroxyl groups is 1. The predicted octanol–water partition coefficient (Wildman–Crippen LogP) is 2.64. The summed E-state index contributed by atoms with van der Waals surface area (Å²) in [5.74, 6) is -3.28. The monoisotopic (exact) mass is 334 g/mol. The summed E-state index contributed by atoms with van der Waals surface area (Å²) in [7, 11) is 0. The highest BCUT2D eigenvalue weighted by Crippen LogP contribution is 2.34. The number of aryl methyl sites for hydroxylation is 1. The Morgan fingerprint density at radius 3 is 2.00 bits per heavy atom. The molecule has 1 aliphatic heterocycles. The molecule has 1 aliphatic rings. The number of azo groups is 1. The lowest BCUT2D eigenvalue weighted by molar-refractivity contribution is -0.134. The van der Waals surface area contributed by atoms with Gasteiger partial charge < -0.3 is 15.3 Å². The number of aromatic carboxylic acids is 1. The van der Waals surface area contributed by atoms with Crippen LogP contribution in [0.2, 0.25) is 0 Å². The zero-order chi connectivity index (χ0) is 18.7. The Morgan fingerprint density at radius 1 is 1.08 bits per heavy atom. The van der Waals surface area contributed by atoms with E-state index in [0.717, 1.165) is 6.20 Å². The number of carboxylic acid groups (broad SMARTS) is 2. The molecule has 0 radical (unpaired) electrons. The highest BCUT2D eigenvalue weighted by Gasteiger charge is 2.23. The zero-order valence-electron chi connectivity index (χ0n) is 13.7. The molecular formula is C16H18N2O6. The number of hydrogen-bond acceptors (Lipinski definition) is 5. The van der Waals surface area contributed by atoms with Gasteiger partial charge in [-0.25, -0.2) is 9.59 Å². The molecular weight excluding hydrogens is 316 g/mol. The Labute approximate surface area is 138 Å². The van der Waals surface area contributed by atoms with E-state index in [2.05, 4.69) is 10.2 Å². The van der Waals surface area contributed by atoms with Crippen LogP contribution >= 0.6 is 0 Å². The summed E-state index contributed by atoms with van der Waals surface area (Å²) in [5, 5.41) is 33.1. The number of aliphatic carboxylic acids is 1. The van der Waals surface area contributed by atoms with Gasteiger partial charge in [-0.1, -0.05) is 32.9 Å². The molecule has 0 unspecified atom stereocenters. The Morgan fingerprint density at radius 2 is 1.67 bits per heavy atom. The summed E-state index contributed by atoms with van der Waals surface area (Å²) in [6.07, 6.45) is 0.921. The molecule has 0 atom stereocenters. The standard InChI is InChI=1S/C12H16O3.C4H2N2O3/c1-7-5-6-8(12(2,3)4)10(13)9(7)11(14)15;7-3-2(4(8)9)1-5-6-3/h5-6,13H,1-4H3,(H,14,15);1H,(H,8,9). The van der Waals surface area contributed by atoms with Gasteiger partial charge in [0.15, 0.2) is 0 Å². The van der Waals surface area contributed by atoms with E-state index in [1.165, 1.54) is 0 Å². The van der Waals surface area contributed by atoms with Crippen LogP contribution in [-0.2, 0) is 15.0 Å². The summed E-state index contributed by atoms with van der Waals surface area (Å²) in [6.45, 7) is 7.48. The molecule has 0 saturated heterocycles. The first-order valence-corrected chi connectivity index (χ1v) is 6.91. The van der Waals surface area contributed by atoms with Crippen molar-refractivity contribution in [1.29, 1.82) is 0 Å². The minimum absolute atomic E-state index is 0.00225. The van der Waals surface area contributed by atoms with Gasteiger partial charge >= 0.3 is 17.8 Å². The van der Waals surface area contributed by atoms with Gasteiger partial charge in [-0.05, 0) is 17.9 Å². The third kappa shape index (κ3) is 4.25. The number of carboxylic acids is 2. The van der Waals surface area contributed by atoms with Crippen molar-refractivity contribution in [3.05, 3.63) is 40.6 Å². The third-order valence-corrected chi connectivity index (χ3v) is 3.20. The van der Waals surface area contributed by atoms with E-state index in [0.29, 0.717) is 11.1 Å². The predicted molar refractivity (Wildman–Crippen MR) is 84.1 cm³/mol. The van der Waals surface area contributed by atoms with Crippen molar-refractivity contribution in [2.75, 3.05) is 0 Å². The van der Waals surface area contributed by atoms with Gasteiger partial charge in [-0.2, -0.15) is 5.11 Å². The van der Waals surface area contributed by atoms with Crippen LogP contribution in [0.3, 0.4) is 0 Å². The first kappa shape index (κ1) is 19.0. The van der Waals surface area contributed by atoms with Crippen molar-refractivity contribution in [3.63, 3.8) is 0 Å². The minimum atomic E-state index is -1.29. The van der Waals surface area contributed by atoms with Crippen LogP contribution in [0.1, 0.15) is 42.3 Å². The smallest absolute Gasteiger partial charge is 0.343 e. The lowest BCUT2D eigenvalue weighted by Crippen LogP contribution is -2.13. The van der Waals surface area contributed by atoms with Crippen molar-refractivity contribution < 1.29 is 29.7 Å². The highest BCUT2D eigenvalue weighted by molar-refractivity contribution is 6.16. The second kappa shape index (κ2) is 7.03. The van der Waals surface area contributed by atoms with Crippen LogP contribution in [0, 0.1) is 6.92 Å². The number of rotatable bonds is 2. The molecule has 0 bridgehead atoms. The normalized spacial score (nSPS) is 13.2. The van der Waals surface area contributed by atoms with E-state index in [1.807, 2.05) is 20.8 Å². The summed E-state index contributed by atoms with van der Waals surface area (Å²) in [6, 6.07) is 3.50. The third-order valence-electron chi connectivity index (χ3n) is 3.20. The molecule has 8 nitrogen and oxygen atoms in total. The number of nitrogens with zero attached hydrogens (tertiary/aromatic N) is 2. The largest absolute Gasteiger partial charge is 0.507 e. The second-order valence-corrected chi connectivity index (χ2v) is 6.08. The molecule has 1 heterocycles. The molecule has 3 N–H and O–H groups in total. The Bertz CT molecular complexity index is 757. The fourth-order valence-corrected chi connectivity index (χ4v) is 1.96. The Kier molecular flexibility index (Phi) is 5.57. The first-order chi connectivity index (χ1) is 11.0. The quantitative estimate of drug-likeness (QED) is 0.711. The van der Waals surface area contributed by atoms with Gasteiger partial charge in [0.25, 0.3) is 0 Å². The molecule has 1 aromatic carbocycles. The molecule has 0 aliphatic carbocycles. The second-order valence-electron chi connectivity index (χ2n) is 6.08. The molecule has 128 valence electrons. The molecule has 1 aromatic rings. The van der Waals surface area contributed by atoms with Crippen molar-refractivity contribution in [3.8, 4) is 5.75 Å². The maximum atomic E-state index is 11.0. The van der Waals surface area contributed by atoms with Crippen LogP contribution in [-0.4, -0.2) is 33.2 Å². The fourth-order valence-electron chi connectivity index (χ4n) is 1.96. The van der Waals surface area contributed by atoms with E-state index in [4.69, 9.17) is 10.2 Å². The Balaban J connectivity index is 0.000000272. The molecule has 0 aromatic heterocycles. The molecule has 8 heteroatoms. The lowest BCUT2D eigenvalue weighted by atomic mass is 9.84. The van der Waals surface area contributed by atoms with Crippen molar-refractivity contribution >= 4 is 17.8 Å². The number of carbonyl (C=O) groups excluding carboxylic acids is 1. The molecule has 1 amide bonds. The summed E-state index contributed by atoms with van der Waals surface area (Å²) >= 11 is 0. The van der Waals surface area contributed by atoms with Gasteiger partial charge in [0.2, 0.25) is 0 Å². The summed E-state index contributed by atoms with van der Waals surface area (Å²) in [4.78, 5) is 31.3. The van der Waals surface area contributed by atoms with Crippen LogP contribution in [0.4, 0.5) is 0 Å².